The molecule has 16 nitrogen and oxygen atoms in total. The highest BCUT2D eigenvalue weighted by Crippen LogP contribution is 2.34. The maximum absolute atomic E-state index is 13.9. The highest BCUT2D eigenvalue weighted by molar-refractivity contribution is 7.93. The summed E-state index contributed by atoms with van der Waals surface area (Å²) >= 11 is 12.4. The van der Waals surface area contributed by atoms with E-state index in [0.29, 0.717) is 75.9 Å². The van der Waals surface area contributed by atoms with Gasteiger partial charge in [-0.3, -0.25) is 18.4 Å². The molecule has 4 fully saturated rings. The summed E-state index contributed by atoms with van der Waals surface area (Å²) in [6.45, 7) is 7.16. The summed E-state index contributed by atoms with van der Waals surface area (Å²) in [5, 5.41) is 17.2. The quantitative estimate of drug-likeness (QED) is 0.0914. The van der Waals surface area contributed by atoms with E-state index in [1.54, 1.807) is 97.1 Å². The molecule has 0 atom stereocenters. The van der Waals surface area contributed by atoms with Gasteiger partial charge in [0.05, 0.1) is 35.0 Å². The van der Waals surface area contributed by atoms with Crippen molar-refractivity contribution in [3.05, 3.63) is 130 Å². The van der Waals surface area contributed by atoms with Gasteiger partial charge in [0, 0.05) is 59.4 Å². The van der Waals surface area contributed by atoms with Crippen LogP contribution in [0.4, 0.5) is 28.9 Å². The predicted molar refractivity (Wildman–Crippen MR) is 270 cm³/mol. The third-order valence-electron chi connectivity index (χ3n) is 13.7. The fourth-order valence-electron chi connectivity index (χ4n) is 9.50. The Morgan fingerprint density at radius 1 is 0.603 bits per heavy atom. The fraction of sp³-hybridized carbons (Fsp3) is 0.429. The molecular formula is C49H54Cl2F4N10O6S2. The van der Waals surface area contributed by atoms with Crippen molar-refractivity contribution in [2.75, 3.05) is 68.0 Å². The minimum Gasteiger partial charge on any atom is -0.415 e. The number of nitrogens with one attached hydrogen (secondary N) is 1. The van der Waals surface area contributed by atoms with E-state index in [0.717, 1.165) is 57.9 Å². The van der Waals surface area contributed by atoms with E-state index in [2.05, 4.69) is 47.5 Å². The molecule has 4 saturated heterocycles. The van der Waals surface area contributed by atoms with E-state index < -0.39 is 55.2 Å². The Morgan fingerprint density at radius 3 is 1.33 bits per heavy atom. The Hall–Kier alpha value is -5.20. The van der Waals surface area contributed by atoms with Crippen molar-refractivity contribution < 1.29 is 43.2 Å². The standard InChI is InChI=1S/C25H28ClF2N5O3S.C24H26ClF2N5O3S/c1-31-15-21(16-31)32-11-9-22(10-12-32)37(34,35)33(20-4-2-3-19(26)13-20)14-17-5-7-18(8-6-17)24-29-30-25(36-24)23(27)28;25-18-2-1-3-19(12-18)32(36(33,34)21-8-10-31(11-9-21)20-13-28-14-20)15-16-4-6-17(7-5-16)23-29-30-24(35-23)22(26)27/h2-8,13,21-23H,9-12,14-16H2,1H3;1-7,12,20-22,28H,8-11,13-15H2. The van der Waals surface area contributed by atoms with Crippen LogP contribution in [0.5, 0.6) is 0 Å². The van der Waals surface area contributed by atoms with Gasteiger partial charge in [-0.25, -0.2) is 16.8 Å². The number of hydrogen-bond acceptors (Lipinski definition) is 14. The number of halogens is 6. The lowest BCUT2D eigenvalue weighted by atomic mass is 10.0. The van der Waals surface area contributed by atoms with Crippen molar-refractivity contribution in [1.82, 2.24) is 40.4 Å². The van der Waals surface area contributed by atoms with Gasteiger partial charge < -0.3 is 19.1 Å². The van der Waals surface area contributed by atoms with Crippen molar-refractivity contribution in [2.24, 2.45) is 0 Å². The van der Waals surface area contributed by atoms with Crippen LogP contribution in [0.1, 0.15) is 61.4 Å². The molecule has 73 heavy (non-hydrogen) atoms. The molecule has 0 bridgehead atoms. The zero-order valence-electron chi connectivity index (χ0n) is 39.7. The third kappa shape index (κ3) is 12.3. The van der Waals surface area contributed by atoms with Crippen LogP contribution in [0.15, 0.2) is 106 Å². The lowest BCUT2D eigenvalue weighted by molar-refractivity contribution is 0.0407. The highest BCUT2D eigenvalue weighted by Gasteiger charge is 2.40. The predicted octanol–water partition coefficient (Wildman–Crippen LogP) is 8.54. The number of rotatable bonds is 16. The van der Waals surface area contributed by atoms with Crippen LogP contribution >= 0.6 is 23.2 Å². The molecule has 0 amide bonds. The highest BCUT2D eigenvalue weighted by atomic mass is 35.5. The number of sulfonamides is 2. The lowest BCUT2D eigenvalue weighted by Gasteiger charge is -2.46. The molecule has 24 heteroatoms. The maximum Gasteiger partial charge on any atom is 0.314 e. The molecular weight excluding hydrogens is 1040 g/mol. The maximum atomic E-state index is 13.9. The van der Waals surface area contributed by atoms with E-state index in [4.69, 9.17) is 32.0 Å². The van der Waals surface area contributed by atoms with Gasteiger partial charge in [0.25, 0.3) is 11.8 Å². The Bertz CT molecular complexity index is 3020. The molecule has 6 aromatic rings. The summed E-state index contributed by atoms with van der Waals surface area (Å²) in [6.07, 6.45) is -3.42. The van der Waals surface area contributed by atoms with Crippen LogP contribution < -0.4 is 13.9 Å². The second kappa shape index (κ2) is 22.7. The topological polar surface area (TPSA) is 174 Å². The van der Waals surface area contributed by atoms with Gasteiger partial charge in [0.15, 0.2) is 0 Å². The van der Waals surface area contributed by atoms with Crippen molar-refractivity contribution >= 4 is 54.6 Å². The number of piperidine rings is 2. The second-order valence-corrected chi connectivity index (χ2v) is 23.8. The molecule has 6 heterocycles. The minimum atomic E-state index is -3.70. The van der Waals surface area contributed by atoms with Gasteiger partial charge in [0.1, 0.15) is 0 Å². The molecule has 0 aliphatic carbocycles. The first-order valence-corrected chi connectivity index (χ1v) is 27.6. The third-order valence-corrected chi connectivity index (χ3v) is 18.8. The summed E-state index contributed by atoms with van der Waals surface area (Å²) in [4.78, 5) is 7.02. The van der Waals surface area contributed by atoms with Crippen molar-refractivity contribution in [3.63, 3.8) is 0 Å². The van der Waals surface area contributed by atoms with Crippen LogP contribution in [-0.4, -0.2) is 134 Å². The number of hydrogen-bond donors (Lipinski definition) is 1. The van der Waals surface area contributed by atoms with E-state index >= 15 is 0 Å². The number of anilines is 2. The van der Waals surface area contributed by atoms with Crippen molar-refractivity contribution in [1.29, 1.82) is 0 Å². The summed E-state index contributed by atoms with van der Waals surface area (Å²) < 4.78 is 120. The van der Waals surface area contributed by atoms with Crippen molar-refractivity contribution in [2.45, 2.75) is 74.2 Å². The van der Waals surface area contributed by atoms with Gasteiger partial charge in [-0.15, -0.1) is 20.4 Å². The van der Waals surface area contributed by atoms with Crippen LogP contribution in [0.2, 0.25) is 10.0 Å². The van der Waals surface area contributed by atoms with Gasteiger partial charge in [-0.05, 0) is 131 Å². The number of alkyl halides is 4. The summed E-state index contributed by atoms with van der Waals surface area (Å²) in [6, 6.07) is 28.1. The van der Waals surface area contributed by atoms with E-state index in [9.17, 15) is 34.4 Å². The molecule has 0 saturated carbocycles. The van der Waals surface area contributed by atoms with Gasteiger partial charge in [0.2, 0.25) is 31.8 Å². The largest absolute Gasteiger partial charge is 0.415 e. The first kappa shape index (κ1) is 52.7. The monoisotopic (exact) mass is 1090 g/mol. The SMILES string of the molecule is CN1CC(N2CCC(S(=O)(=O)N(Cc3ccc(-c4nnc(C(F)F)o4)cc3)c3cccc(Cl)c3)CC2)C1.O=S(=O)(C1CCN(C2CNC2)CC1)N(Cc1ccc(-c2nnc(C(F)F)o2)cc1)c1cccc(Cl)c1. The summed E-state index contributed by atoms with van der Waals surface area (Å²) in [7, 11) is -5.30. The number of aromatic nitrogens is 4. The van der Waals surface area contributed by atoms with Crippen LogP contribution in [0.3, 0.4) is 0 Å². The summed E-state index contributed by atoms with van der Waals surface area (Å²) in [5.41, 5.74) is 3.36. The number of nitrogens with zero attached hydrogens (tertiary/aromatic N) is 9. The van der Waals surface area contributed by atoms with Crippen molar-refractivity contribution in [3.8, 4) is 22.9 Å². The Labute approximate surface area is 431 Å². The molecule has 4 aliphatic rings. The molecule has 4 aromatic carbocycles. The molecule has 10 rings (SSSR count). The van der Waals surface area contributed by atoms with E-state index in [1.165, 1.54) is 8.61 Å². The zero-order chi connectivity index (χ0) is 51.4. The minimum absolute atomic E-state index is 0.0226. The molecule has 2 aromatic heterocycles. The molecule has 0 unspecified atom stereocenters. The summed E-state index contributed by atoms with van der Waals surface area (Å²) in [5.74, 6) is -1.53. The first-order chi connectivity index (χ1) is 35.0. The molecule has 390 valence electrons. The lowest BCUT2D eigenvalue weighted by Crippen LogP contribution is -2.60. The molecule has 0 radical (unpaired) electrons. The zero-order valence-corrected chi connectivity index (χ0v) is 42.8. The number of likely N-dealkylation sites (N-methyl/N-ethyl adjacent to an activating group) is 1. The van der Waals surface area contributed by atoms with E-state index in [1.807, 2.05) is 0 Å². The Morgan fingerprint density at radius 2 is 1.00 bits per heavy atom. The molecule has 1 N–H and O–H groups in total. The second-order valence-electron chi connectivity index (χ2n) is 18.6. The molecule has 0 spiro atoms. The van der Waals surface area contributed by atoms with Gasteiger partial charge in [-0.1, -0.05) is 59.6 Å². The fourth-order valence-corrected chi connectivity index (χ4v) is 13.7. The first-order valence-electron chi connectivity index (χ1n) is 23.8. The number of benzene rings is 4. The number of likely N-dealkylation sites (tertiary alicyclic amines) is 3. The Kier molecular flexibility index (Phi) is 16.4. The van der Waals surface area contributed by atoms with E-state index in [-0.39, 0.29) is 24.9 Å². The van der Waals surface area contributed by atoms with Gasteiger partial charge >= 0.3 is 12.9 Å². The van der Waals surface area contributed by atoms with Crippen LogP contribution in [0, 0.1) is 0 Å². The van der Waals surface area contributed by atoms with Crippen LogP contribution in [-0.2, 0) is 33.1 Å². The van der Waals surface area contributed by atoms with Crippen LogP contribution in [0.25, 0.3) is 22.9 Å². The molecule has 4 aliphatic heterocycles. The van der Waals surface area contributed by atoms with Gasteiger partial charge in [-0.2, -0.15) is 17.6 Å². The average molecular weight is 1090 g/mol. The smallest absolute Gasteiger partial charge is 0.314 e. The Balaban J connectivity index is 0.000000180. The normalized spacial score (nSPS) is 18.1. The average Bonchev–Trinajstić information content (AvgIpc) is 4.07.